The molecule has 1 aliphatic rings. The summed E-state index contributed by atoms with van der Waals surface area (Å²) >= 11 is 6.00. The van der Waals surface area contributed by atoms with Crippen molar-refractivity contribution in [2.45, 2.75) is 38.9 Å². The first-order chi connectivity index (χ1) is 12.2. The number of benzene rings is 1. The predicted molar refractivity (Wildman–Crippen MR) is 101 cm³/mol. The van der Waals surface area contributed by atoms with E-state index in [1.807, 2.05) is 13.8 Å². The van der Waals surface area contributed by atoms with Crippen LogP contribution in [0.3, 0.4) is 0 Å². The number of ether oxygens (including phenoxy) is 2. The van der Waals surface area contributed by atoms with Crippen LogP contribution in [0.5, 0.6) is 5.75 Å². The summed E-state index contributed by atoms with van der Waals surface area (Å²) in [5, 5.41) is 3.21. The zero-order chi connectivity index (χ0) is 19.3. The van der Waals surface area contributed by atoms with E-state index in [9.17, 15) is 13.2 Å². The molecule has 0 fully saturated rings. The summed E-state index contributed by atoms with van der Waals surface area (Å²) in [5.41, 5.74) is 0.348. The number of nitrogens with zero attached hydrogens (tertiary/aromatic N) is 1. The van der Waals surface area contributed by atoms with Gasteiger partial charge in [0.25, 0.3) is 5.91 Å². The number of amides is 1. The van der Waals surface area contributed by atoms with Gasteiger partial charge in [-0.15, -0.1) is 0 Å². The van der Waals surface area contributed by atoms with Crippen LogP contribution in [0, 0.1) is 0 Å². The Hall–Kier alpha value is -1.51. The van der Waals surface area contributed by atoms with Crippen LogP contribution in [0.2, 0.25) is 5.02 Å². The molecule has 0 spiro atoms. The molecule has 2 rings (SSSR count). The second kappa shape index (κ2) is 8.92. The van der Waals surface area contributed by atoms with Crippen LogP contribution >= 0.6 is 11.6 Å². The molecule has 1 aromatic carbocycles. The number of anilines is 1. The molecule has 0 aromatic heterocycles. The van der Waals surface area contributed by atoms with Gasteiger partial charge in [0.05, 0.1) is 18.0 Å². The SMILES string of the molecule is CC(C)OCCCNC(=O)[C@H]1CCN(S(C)(=O)=O)c2cc(Cl)ccc2O1. The van der Waals surface area contributed by atoms with Gasteiger partial charge in [-0.3, -0.25) is 9.10 Å². The molecule has 1 aliphatic heterocycles. The third-order valence-electron chi connectivity index (χ3n) is 3.82. The van der Waals surface area contributed by atoms with Crippen molar-refractivity contribution in [3.8, 4) is 5.75 Å². The standard InChI is InChI=1S/C17H25ClN2O5S/c1-12(2)24-10-4-8-19-17(21)16-7-9-20(26(3,22)23)14-11-13(18)5-6-15(14)25-16/h5-6,11-12,16H,4,7-10H2,1-3H3,(H,19,21)/t16-/m1/s1. The molecule has 9 heteroatoms. The second-order valence-corrected chi connectivity index (χ2v) is 8.75. The molecule has 146 valence electrons. The highest BCUT2D eigenvalue weighted by molar-refractivity contribution is 7.92. The predicted octanol–water partition coefficient (Wildman–Crippen LogP) is 2.19. The average Bonchev–Trinajstić information content (AvgIpc) is 2.73. The Bertz CT molecular complexity index is 739. The fourth-order valence-electron chi connectivity index (χ4n) is 2.60. The molecule has 0 bridgehead atoms. The van der Waals surface area contributed by atoms with Crippen molar-refractivity contribution in [2.75, 3.05) is 30.3 Å². The third kappa shape index (κ3) is 5.75. The van der Waals surface area contributed by atoms with E-state index >= 15 is 0 Å². The van der Waals surface area contributed by atoms with Crippen molar-refractivity contribution in [3.05, 3.63) is 23.2 Å². The summed E-state index contributed by atoms with van der Waals surface area (Å²) < 4.78 is 36.6. The molecular weight excluding hydrogens is 380 g/mol. The maximum Gasteiger partial charge on any atom is 0.261 e. The number of rotatable bonds is 7. The van der Waals surface area contributed by atoms with Gasteiger partial charge in [0.2, 0.25) is 10.0 Å². The molecule has 7 nitrogen and oxygen atoms in total. The number of hydrogen-bond donors (Lipinski definition) is 1. The molecule has 1 amide bonds. The monoisotopic (exact) mass is 404 g/mol. The smallest absolute Gasteiger partial charge is 0.261 e. The van der Waals surface area contributed by atoms with Gasteiger partial charge in [-0.05, 0) is 38.5 Å². The summed E-state index contributed by atoms with van der Waals surface area (Å²) in [7, 11) is -3.51. The minimum Gasteiger partial charge on any atom is -0.478 e. The number of carbonyl (C=O) groups excluding carboxylic acids is 1. The normalized spacial score (nSPS) is 17.4. The summed E-state index contributed by atoms with van der Waals surface area (Å²) in [4.78, 5) is 12.4. The molecule has 1 N–H and O–H groups in total. The van der Waals surface area contributed by atoms with Crippen LogP contribution in [0.25, 0.3) is 0 Å². The fraction of sp³-hybridized carbons (Fsp3) is 0.588. The van der Waals surface area contributed by atoms with Gasteiger partial charge in [-0.25, -0.2) is 8.42 Å². The number of carbonyl (C=O) groups is 1. The second-order valence-electron chi connectivity index (χ2n) is 6.41. The number of nitrogens with one attached hydrogen (secondary N) is 1. The maximum atomic E-state index is 12.4. The first-order valence-electron chi connectivity index (χ1n) is 8.51. The average molecular weight is 405 g/mol. The number of sulfonamides is 1. The highest BCUT2D eigenvalue weighted by Gasteiger charge is 2.31. The Morgan fingerprint density at radius 3 is 2.85 bits per heavy atom. The summed E-state index contributed by atoms with van der Waals surface area (Å²) in [6.45, 7) is 5.08. The van der Waals surface area contributed by atoms with Gasteiger partial charge in [0.15, 0.2) is 6.10 Å². The van der Waals surface area contributed by atoms with Gasteiger partial charge < -0.3 is 14.8 Å². The molecule has 0 unspecified atom stereocenters. The maximum absolute atomic E-state index is 12.4. The topological polar surface area (TPSA) is 84.9 Å². The van der Waals surface area contributed by atoms with E-state index in [1.54, 1.807) is 12.1 Å². The Balaban J connectivity index is 2.05. The molecule has 1 atom stereocenters. The van der Waals surface area contributed by atoms with E-state index in [2.05, 4.69) is 5.32 Å². The van der Waals surface area contributed by atoms with E-state index < -0.39 is 16.1 Å². The van der Waals surface area contributed by atoms with Crippen LogP contribution in [0.4, 0.5) is 5.69 Å². The highest BCUT2D eigenvalue weighted by Crippen LogP contribution is 2.36. The molecule has 1 heterocycles. The lowest BCUT2D eigenvalue weighted by molar-refractivity contribution is -0.128. The van der Waals surface area contributed by atoms with Crippen LogP contribution in [-0.4, -0.2) is 52.5 Å². The largest absolute Gasteiger partial charge is 0.478 e. The minimum atomic E-state index is -3.51. The van der Waals surface area contributed by atoms with Crippen LogP contribution < -0.4 is 14.4 Å². The molecule has 1 aromatic rings. The lowest BCUT2D eigenvalue weighted by Crippen LogP contribution is -2.40. The Morgan fingerprint density at radius 1 is 1.46 bits per heavy atom. The Morgan fingerprint density at radius 2 is 2.19 bits per heavy atom. The molecule has 0 aliphatic carbocycles. The lowest BCUT2D eigenvalue weighted by Gasteiger charge is -2.21. The van der Waals surface area contributed by atoms with Crippen molar-refractivity contribution < 1.29 is 22.7 Å². The number of halogens is 1. The molecule has 0 saturated carbocycles. The minimum absolute atomic E-state index is 0.140. The van der Waals surface area contributed by atoms with E-state index in [1.165, 1.54) is 10.4 Å². The van der Waals surface area contributed by atoms with E-state index in [-0.39, 0.29) is 25.0 Å². The van der Waals surface area contributed by atoms with Gasteiger partial charge in [0, 0.05) is 31.1 Å². The quantitative estimate of drug-likeness (QED) is 0.704. The zero-order valence-electron chi connectivity index (χ0n) is 15.2. The first kappa shape index (κ1) is 20.8. The van der Waals surface area contributed by atoms with Crippen molar-refractivity contribution >= 4 is 33.2 Å². The van der Waals surface area contributed by atoms with Gasteiger partial charge in [0.1, 0.15) is 5.75 Å². The number of fused-ring (bicyclic) bond motifs is 1. The number of hydrogen-bond acceptors (Lipinski definition) is 5. The van der Waals surface area contributed by atoms with Gasteiger partial charge >= 0.3 is 0 Å². The van der Waals surface area contributed by atoms with Crippen LogP contribution in [-0.2, 0) is 19.6 Å². The van der Waals surface area contributed by atoms with E-state index in [4.69, 9.17) is 21.1 Å². The van der Waals surface area contributed by atoms with Crippen molar-refractivity contribution in [2.24, 2.45) is 0 Å². The summed E-state index contributed by atoms with van der Waals surface area (Å²) in [6, 6.07) is 4.71. The van der Waals surface area contributed by atoms with E-state index in [0.717, 1.165) is 6.26 Å². The first-order valence-corrected chi connectivity index (χ1v) is 10.7. The zero-order valence-corrected chi connectivity index (χ0v) is 16.8. The summed E-state index contributed by atoms with van der Waals surface area (Å²) in [6.07, 6.45) is 1.44. The fourth-order valence-corrected chi connectivity index (χ4v) is 3.70. The van der Waals surface area contributed by atoms with Crippen molar-refractivity contribution in [1.82, 2.24) is 5.32 Å². The Kier molecular flexibility index (Phi) is 7.14. The van der Waals surface area contributed by atoms with Gasteiger partial charge in [-0.1, -0.05) is 11.6 Å². The molecular formula is C17H25ClN2O5S. The van der Waals surface area contributed by atoms with Crippen molar-refractivity contribution in [1.29, 1.82) is 0 Å². The molecule has 0 radical (unpaired) electrons. The highest BCUT2D eigenvalue weighted by atomic mass is 35.5. The van der Waals surface area contributed by atoms with Crippen LogP contribution in [0.15, 0.2) is 18.2 Å². The lowest BCUT2D eigenvalue weighted by atomic mass is 10.2. The van der Waals surface area contributed by atoms with E-state index in [0.29, 0.717) is 36.0 Å². The van der Waals surface area contributed by atoms with Crippen LogP contribution in [0.1, 0.15) is 26.7 Å². The molecule has 26 heavy (non-hydrogen) atoms. The molecule has 0 saturated heterocycles. The third-order valence-corrected chi connectivity index (χ3v) is 5.23. The van der Waals surface area contributed by atoms with Gasteiger partial charge in [-0.2, -0.15) is 0 Å². The Labute approximate surface area is 159 Å². The van der Waals surface area contributed by atoms with Crippen molar-refractivity contribution in [3.63, 3.8) is 0 Å². The summed E-state index contributed by atoms with van der Waals surface area (Å²) in [5.74, 6) is 0.0476.